The summed E-state index contributed by atoms with van der Waals surface area (Å²) in [5, 5.41) is 6.15. The van der Waals surface area contributed by atoms with E-state index in [2.05, 4.69) is 10.6 Å². The van der Waals surface area contributed by atoms with Gasteiger partial charge in [0.1, 0.15) is 18.1 Å². The first-order valence-corrected chi connectivity index (χ1v) is 8.52. The first kappa shape index (κ1) is 18.1. The smallest absolute Gasteiger partial charge is 0.231 e. The molecule has 26 heavy (non-hydrogen) atoms. The minimum absolute atomic E-state index is 0.186. The Morgan fingerprint density at radius 1 is 1.19 bits per heavy atom. The quantitative estimate of drug-likeness (QED) is 0.858. The van der Waals surface area contributed by atoms with Crippen LogP contribution in [0.4, 0.5) is 11.4 Å². The summed E-state index contributed by atoms with van der Waals surface area (Å²) in [5.74, 6) is 0.530. The second-order valence-electron chi connectivity index (χ2n) is 6.05. The summed E-state index contributed by atoms with van der Waals surface area (Å²) in [6.07, 6.45) is 0.537. The third-order valence-electron chi connectivity index (χ3n) is 4.08. The maximum Gasteiger partial charge on any atom is 0.231 e. The number of ether oxygens (including phenoxy) is 2. The van der Waals surface area contributed by atoms with Crippen LogP contribution < -0.4 is 20.1 Å². The predicted molar refractivity (Wildman–Crippen MR) is 100 cm³/mol. The molecule has 136 valence electrons. The summed E-state index contributed by atoms with van der Waals surface area (Å²) in [7, 11) is 1.52. The fourth-order valence-corrected chi connectivity index (χ4v) is 3.05. The molecule has 2 amide bonds. The maximum atomic E-state index is 12.7. The second kappa shape index (κ2) is 7.66. The zero-order valence-electron chi connectivity index (χ0n) is 14.5. The second-order valence-corrected chi connectivity index (χ2v) is 6.49. The van der Waals surface area contributed by atoms with E-state index in [-0.39, 0.29) is 24.3 Å². The Morgan fingerprint density at radius 2 is 2.00 bits per heavy atom. The van der Waals surface area contributed by atoms with E-state index in [0.717, 1.165) is 11.3 Å². The summed E-state index contributed by atoms with van der Waals surface area (Å²) < 4.78 is 11.0. The number of halogens is 1. The number of nitrogens with one attached hydrogen (secondary N) is 2. The highest BCUT2D eigenvalue weighted by molar-refractivity contribution is 6.30. The highest BCUT2D eigenvalue weighted by Crippen LogP contribution is 2.32. The molecule has 0 saturated heterocycles. The van der Waals surface area contributed by atoms with E-state index in [1.165, 1.54) is 14.0 Å². The lowest BCUT2D eigenvalue weighted by atomic mass is 9.96. The SMILES string of the molecule is COc1ccc(NC(C)=O)cc1NC(=O)C1COc2ccc(Cl)cc2C1. The molecule has 2 aromatic rings. The van der Waals surface area contributed by atoms with Crippen molar-refractivity contribution < 1.29 is 19.1 Å². The van der Waals surface area contributed by atoms with Gasteiger partial charge in [-0.05, 0) is 48.4 Å². The molecule has 0 spiro atoms. The van der Waals surface area contributed by atoms with E-state index in [1.54, 1.807) is 24.3 Å². The van der Waals surface area contributed by atoms with E-state index in [4.69, 9.17) is 21.1 Å². The van der Waals surface area contributed by atoms with Gasteiger partial charge < -0.3 is 20.1 Å². The van der Waals surface area contributed by atoms with Gasteiger partial charge >= 0.3 is 0 Å². The van der Waals surface area contributed by atoms with Crippen LogP contribution in [0.25, 0.3) is 0 Å². The number of hydrogen-bond donors (Lipinski definition) is 2. The summed E-state index contributed by atoms with van der Waals surface area (Å²) >= 11 is 6.03. The molecule has 7 heteroatoms. The number of hydrogen-bond acceptors (Lipinski definition) is 4. The average molecular weight is 375 g/mol. The summed E-state index contributed by atoms with van der Waals surface area (Å²) in [4.78, 5) is 23.9. The third-order valence-corrected chi connectivity index (χ3v) is 4.31. The Balaban J connectivity index is 1.76. The number of fused-ring (bicyclic) bond motifs is 1. The van der Waals surface area contributed by atoms with Gasteiger partial charge in [0, 0.05) is 17.6 Å². The molecule has 0 radical (unpaired) electrons. The Labute approximate surface area is 156 Å². The molecule has 0 aromatic heterocycles. The van der Waals surface area contributed by atoms with Crippen molar-refractivity contribution in [2.45, 2.75) is 13.3 Å². The van der Waals surface area contributed by atoms with Crippen LogP contribution in [0, 0.1) is 5.92 Å². The zero-order valence-corrected chi connectivity index (χ0v) is 15.2. The minimum Gasteiger partial charge on any atom is -0.495 e. The molecule has 1 unspecified atom stereocenters. The third kappa shape index (κ3) is 4.08. The Morgan fingerprint density at radius 3 is 2.73 bits per heavy atom. The molecule has 0 bridgehead atoms. The van der Waals surface area contributed by atoms with Crippen LogP contribution in [0.1, 0.15) is 12.5 Å². The monoisotopic (exact) mass is 374 g/mol. The predicted octanol–water partition coefficient (Wildman–Crippen LogP) is 3.50. The van der Waals surface area contributed by atoms with Gasteiger partial charge in [-0.3, -0.25) is 9.59 Å². The van der Waals surface area contributed by atoms with Gasteiger partial charge in [-0.1, -0.05) is 11.6 Å². The van der Waals surface area contributed by atoms with Gasteiger partial charge in [-0.15, -0.1) is 0 Å². The van der Waals surface area contributed by atoms with E-state index in [1.807, 2.05) is 12.1 Å². The van der Waals surface area contributed by atoms with Crippen LogP contribution in [0.3, 0.4) is 0 Å². The summed E-state index contributed by atoms with van der Waals surface area (Å²) in [6.45, 7) is 1.71. The van der Waals surface area contributed by atoms with E-state index >= 15 is 0 Å². The Hall–Kier alpha value is -2.73. The van der Waals surface area contributed by atoms with Crippen LogP contribution in [-0.2, 0) is 16.0 Å². The minimum atomic E-state index is -0.352. The molecule has 2 N–H and O–H groups in total. The molecule has 1 heterocycles. The lowest BCUT2D eigenvalue weighted by Crippen LogP contribution is -2.32. The lowest BCUT2D eigenvalue weighted by Gasteiger charge is -2.25. The van der Waals surface area contributed by atoms with Crippen LogP contribution in [0.15, 0.2) is 36.4 Å². The van der Waals surface area contributed by atoms with Crippen molar-refractivity contribution in [2.75, 3.05) is 24.4 Å². The Bertz CT molecular complexity index is 853. The van der Waals surface area contributed by atoms with Crippen LogP contribution in [0.2, 0.25) is 5.02 Å². The molecule has 1 aliphatic heterocycles. The van der Waals surface area contributed by atoms with Crippen molar-refractivity contribution in [2.24, 2.45) is 5.92 Å². The van der Waals surface area contributed by atoms with Crippen LogP contribution in [-0.4, -0.2) is 25.5 Å². The van der Waals surface area contributed by atoms with Crippen LogP contribution in [0.5, 0.6) is 11.5 Å². The van der Waals surface area contributed by atoms with Crippen LogP contribution >= 0.6 is 11.6 Å². The highest BCUT2D eigenvalue weighted by Gasteiger charge is 2.27. The molecule has 2 aromatic carbocycles. The number of methoxy groups -OCH3 is 1. The lowest BCUT2D eigenvalue weighted by molar-refractivity contribution is -0.121. The molecular weight excluding hydrogens is 356 g/mol. The Kier molecular flexibility index (Phi) is 5.32. The van der Waals surface area contributed by atoms with Crippen molar-refractivity contribution >= 4 is 34.8 Å². The molecule has 1 aliphatic rings. The highest BCUT2D eigenvalue weighted by atomic mass is 35.5. The molecule has 0 aliphatic carbocycles. The molecular formula is C19H19ClN2O4. The average Bonchev–Trinajstić information content (AvgIpc) is 2.60. The number of amides is 2. The number of anilines is 2. The standard InChI is InChI=1S/C19H19ClN2O4/c1-11(23)21-15-4-6-18(25-2)16(9-15)22-19(24)13-7-12-8-14(20)3-5-17(12)26-10-13/h3-6,8-9,13H,7,10H2,1-2H3,(H,21,23)(H,22,24). The summed E-state index contributed by atoms with van der Waals surface area (Å²) in [6, 6.07) is 10.4. The fourth-order valence-electron chi connectivity index (χ4n) is 2.85. The van der Waals surface area contributed by atoms with E-state index < -0.39 is 0 Å². The zero-order chi connectivity index (χ0) is 18.7. The fraction of sp³-hybridized carbons (Fsp3) is 0.263. The molecule has 0 fully saturated rings. The number of benzene rings is 2. The number of rotatable bonds is 4. The van der Waals surface area contributed by atoms with E-state index in [0.29, 0.717) is 28.6 Å². The number of carbonyl (C=O) groups is 2. The van der Waals surface area contributed by atoms with Crippen molar-refractivity contribution in [3.8, 4) is 11.5 Å². The number of carbonyl (C=O) groups excluding carboxylic acids is 2. The van der Waals surface area contributed by atoms with Crippen molar-refractivity contribution in [1.29, 1.82) is 0 Å². The van der Waals surface area contributed by atoms with Crippen molar-refractivity contribution in [3.63, 3.8) is 0 Å². The van der Waals surface area contributed by atoms with E-state index in [9.17, 15) is 9.59 Å². The molecule has 6 nitrogen and oxygen atoms in total. The topological polar surface area (TPSA) is 76.7 Å². The molecule has 3 rings (SSSR count). The normalized spacial score (nSPS) is 15.4. The van der Waals surface area contributed by atoms with Gasteiger partial charge in [0.15, 0.2) is 0 Å². The van der Waals surface area contributed by atoms with Crippen molar-refractivity contribution in [3.05, 3.63) is 47.0 Å². The van der Waals surface area contributed by atoms with Gasteiger partial charge in [-0.2, -0.15) is 0 Å². The first-order chi connectivity index (χ1) is 12.5. The van der Waals surface area contributed by atoms with Gasteiger partial charge in [0.05, 0.1) is 18.7 Å². The maximum absolute atomic E-state index is 12.7. The van der Waals surface area contributed by atoms with Gasteiger partial charge in [0.2, 0.25) is 11.8 Å². The molecule has 0 saturated carbocycles. The molecule has 1 atom stereocenters. The van der Waals surface area contributed by atoms with Crippen molar-refractivity contribution in [1.82, 2.24) is 0 Å². The van der Waals surface area contributed by atoms with Gasteiger partial charge in [-0.25, -0.2) is 0 Å². The summed E-state index contributed by atoms with van der Waals surface area (Å²) in [5.41, 5.74) is 1.97. The van der Waals surface area contributed by atoms with Gasteiger partial charge in [0.25, 0.3) is 0 Å². The first-order valence-electron chi connectivity index (χ1n) is 8.14. The largest absolute Gasteiger partial charge is 0.495 e.